The molecule has 0 fully saturated rings. The van der Waals surface area contributed by atoms with Gasteiger partial charge >= 0.3 is 5.97 Å². The van der Waals surface area contributed by atoms with E-state index in [9.17, 15) is 9.90 Å². The number of rotatable bonds is 5. The molecule has 7 heteroatoms. The zero-order valence-corrected chi connectivity index (χ0v) is 11.2. The fraction of sp³-hybridized carbons (Fsp3) is 0.250. The lowest BCUT2D eigenvalue weighted by Crippen LogP contribution is -2.07. The molecule has 0 saturated heterocycles. The van der Waals surface area contributed by atoms with E-state index in [0.29, 0.717) is 5.17 Å². The molecule has 0 bridgehead atoms. The molecule has 1 aromatic rings. The molecular weight excluding hydrogens is 266 g/mol. The fourth-order valence-electron chi connectivity index (χ4n) is 1.21. The van der Waals surface area contributed by atoms with Crippen LogP contribution < -0.4 is 10.8 Å². The van der Waals surface area contributed by atoms with E-state index in [-0.39, 0.29) is 11.1 Å². The number of hydrogen-bond acceptors (Lipinski definition) is 5. The standard InChI is InChI=1S/C12H15N3O3S/c1-2-6-19-12(13)15-14-7-8-4-3-5-9(10(8)16)11(17)18/h3-5,7,16H,2,6H2,1H3,(H2,13,15)(H,17,18)/p-1/b14-7+. The maximum atomic E-state index is 11.7. The largest absolute Gasteiger partial charge is 0.871 e. The molecule has 0 aliphatic carbocycles. The molecule has 1 rings (SSSR count). The number of amidine groups is 1. The molecule has 0 radical (unpaired) electrons. The van der Waals surface area contributed by atoms with Gasteiger partial charge in [-0.2, -0.15) is 5.10 Å². The van der Waals surface area contributed by atoms with Gasteiger partial charge < -0.3 is 15.9 Å². The molecule has 3 N–H and O–H groups in total. The maximum absolute atomic E-state index is 11.7. The molecule has 0 aromatic heterocycles. The minimum Gasteiger partial charge on any atom is -0.871 e. The average Bonchev–Trinajstić information content (AvgIpc) is 2.38. The van der Waals surface area contributed by atoms with Crippen LogP contribution in [0.4, 0.5) is 0 Å². The van der Waals surface area contributed by atoms with E-state index >= 15 is 0 Å². The van der Waals surface area contributed by atoms with E-state index in [2.05, 4.69) is 10.2 Å². The molecule has 0 aliphatic rings. The Kier molecular flexibility index (Phi) is 5.87. The van der Waals surface area contributed by atoms with Crippen LogP contribution in [0.5, 0.6) is 5.75 Å². The van der Waals surface area contributed by atoms with Crippen LogP contribution >= 0.6 is 11.8 Å². The Balaban J connectivity index is 2.83. The highest BCUT2D eigenvalue weighted by atomic mass is 32.2. The van der Waals surface area contributed by atoms with Crippen LogP contribution in [0, 0.1) is 0 Å². The molecule has 1 aromatic carbocycles. The highest BCUT2D eigenvalue weighted by Gasteiger charge is 2.04. The highest BCUT2D eigenvalue weighted by molar-refractivity contribution is 8.13. The van der Waals surface area contributed by atoms with Crippen molar-refractivity contribution in [3.63, 3.8) is 0 Å². The Morgan fingerprint density at radius 2 is 2.32 bits per heavy atom. The van der Waals surface area contributed by atoms with E-state index in [0.717, 1.165) is 12.2 Å². The summed E-state index contributed by atoms with van der Waals surface area (Å²) in [6, 6.07) is 4.20. The second-order valence-electron chi connectivity index (χ2n) is 3.56. The van der Waals surface area contributed by atoms with Gasteiger partial charge in [0.15, 0.2) is 5.17 Å². The van der Waals surface area contributed by atoms with Gasteiger partial charge in [0.2, 0.25) is 0 Å². The van der Waals surface area contributed by atoms with E-state index < -0.39 is 11.7 Å². The smallest absolute Gasteiger partial charge is 0.335 e. The van der Waals surface area contributed by atoms with Gasteiger partial charge in [-0.15, -0.1) is 5.10 Å². The topological polar surface area (TPSA) is 111 Å². The van der Waals surface area contributed by atoms with Crippen LogP contribution in [0.25, 0.3) is 0 Å². The van der Waals surface area contributed by atoms with Crippen molar-refractivity contribution in [2.45, 2.75) is 13.3 Å². The van der Waals surface area contributed by atoms with Crippen LogP contribution in [-0.4, -0.2) is 28.2 Å². The lowest BCUT2D eigenvalue weighted by molar-refractivity contribution is -0.269. The lowest BCUT2D eigenvalue weighted by atomic mass is 10.1. The number of nitrogens with zero attached hydrogens (tertiary/aromatic N) is 2. The van der Waals surface area contributed by atoms with Crippen molar-refractivity contribution in [2.24, 2.45) is 15.9 Å². The molecular formula is C12H14N3O3S-. The summed E-state index contributed by atoms with van der Waals surface area (Å²) in [6.45, 7) is 2.02. The Morgan fingerprint density at radius 3 is 2.95 bits per heavy atom. The number of hydrogen-bond donors (Lipinski definition) is 2. The summed E-state index contributed by atoms with van der Waals surface area (Å²) < 4.78 is 0. The van der Waals surface area contributed by atoms with Crippen molar-refractivity contribution in [1.29, 1.82) is 0 Å². The SMILES string of the molecule is CCCS/C(N)=N/N=C/c1cccc(C(=O)O)c1[O-]. The molecule has 19 heavy (non-hydrogen) atoms. The molecule has 0 atom stereocenters. The number of aromatic carboxylic acids is 1. The second-order valence-corrected chi connectivity index (χ2v) is 4.68. The summed E-state index contributed by atoms with van der Waals surface area (Å²) in [7, 11) is 0. The van der Waals surface area contributed by atoms with Gasteiger partial charge in [0.05, 0.1) is 11.8 Å². The first-order chi connectivity index (χ1) is 9.06. The van der Waals surface area contributed by atoms with Crippen molar-refractivity contribution in [2.75, 3.05) is 5.75 Å². The van der Waals surface area contributed by atoms with Crippen LogP contribution in [0.1, 0.15) is 29.3 Å². The van der Waals surface area contributed by atoms with E-state index in [1.807, 2.05) is 6.92 Å². The number of benzene rings is 1. The summed E-state index contributed by atoms with van der Waals surface area (Å²) in [5.74, 6) is -1.01. The Labute approximate surface area is 115 Å². The van der Waals surface area contributed by atoms with Gasteiger partial charge in [-0.05, 0) is 18.1 Å². The zero-order valence-electron chi connectivity index (χ0n) is 10.4. The van der Waals surface area contributed by atoms with Gasteiger partial charge in [-0.3, -0.25) is 0 Å². The molecule has 0 heterocycles. The third-order valence-corrected chi connectivity index (χ3v) is 3.07. The first kappa shape index (κ1) is 15.0. The lowest BCUT2D eigenvalue weighted by Gasteiger charge is -2.12. The fourth-order valence-corrected chi connectivity index (χ4v) is 1.73. The monoisotopic (exact) mass is 280 g/mol. The third kappa shape index (κ3) is 4.63. The number of carboxylic acid groups (broad SMARTS) is 1. The van der Waals surface area contributed by atoms with Crippen molar-refractivity contribution in [1.82, 2.24) is 0 Å². The average molecular weight is 280 g/mol. The number of para-hydroxylation sites is 1. The van der Waals surface area contributed by atoms with Crippen molar-refractivity contribution >= 4 is 29.1 Å². The maximum Gasteiger partial charge on any atom is 0.335 e. The molecule has 0 spiro atoms. The van der Waals surface area contributed by atoms with Crippen LogP contribution in [-0.2, 0) is 0 Å². The van der Waals surface area contributed by atoms with Gasteiger partial charge in [0, 0.05) is 5.75 Å². The number of carboxylic acids is 1. The predicted octanol–water partition coefficient (Wildman–Crippen LogP) is 1.25. The van der Waals surface area contributed by atoms with Crippen molar-refractivity contribution in [3.05, 3.63) is 29.3 Å². The van der Waals surface area contributed by atoms with Gasteiger partial charge in [-0.1, -0.05) is 36.6 Å². The van der Waals surface area contributed by atoms with Crippen LogP contribution in [0.15, 0.2) is 28.4 Å². The minimum absolute atomic E-state index is 0.164. The van der Waals surface area contributed by atoms with Gasteiger partial charge in [0.25, 0.3) is 0 Å². The highest BCUT2D eigenvalue weighted by Crippen LogP contribution is 2.17. The Morgan fingerprint density at radius 1 is 1.58 bits per heavy atom. The Bertz CT molecular complexity index is 515. The van der Waals surface area contributed by atoms with E-state index in [1.54, 1.807) is 0 Å². The summed E-state index contributed by atoms with van der Waals surface area (Å²) >= 11 is 1.37. The molecule has 0 saturated carbocycles. The van der Waals surface area contributed by atoms with E-state index in [1.165, 1.54) is 36.2 Å². The zero-order chi connectivity index (χ0) is 14.3. The summed E-state index contributed by atoms with van der Waals surface area (Å²) in [4.78, 5) is 10.8. The first-order valence-corrected chi connectivity index (χ1v) is 6.57. The third-order valence-electron chi connectivity index (χ3n) is 2.08. The molecule has 0 aliphatic heterocycles. The summed E-state index contributed by atoms with van der Waals surface area (Å²) in [5.41, 5.74) is 5.44. The molecule has 102 valence electrons. The quantitative estimate of drug-likeness (QED) is 0.479. The molecule has 6 nitrogen and oxygen atoms in total. The van der Waals surface area contributed by atoms with Crippen LogP contribution in [0.2, 0.25) is 0 Å². The normalized spacial score (nSPS) is 11.9. The Hall–Kier alpha value is -2.02. The number of thioether (sulfide) groups is 1. The molecule has 0 amide bonds. The minimum atomic E-state index is -1.26. The first-order valence-electron chi connectivity index (χ1n) is 5.58. The van der Waals surface area contributed by atoms with Crippen LogP contribution in [0.3, 0.4) is 0 Å². The second kappa shape index (κ2) is 7.42. The predicted molar refractivity (Wildman–Crippen MR) is 74.8 cm³/mol. The van der Waals surface area contributed by atoms with Gasteiger partial charge in [-0.25, -0.2) is 4.79 Å². The summed E-state index contributed by atoms with van der Waals surface area (Å²) in [5, 5.41) is 28.2. The van der Waals surface area contributed by atoms with Crippen molar-refractivity contribution in [3.8, 4) is 5.75 Å². The van der Waals surface area contributed by atoms with Gasteiger partial charge in [0.1, 0.15) is 0 Å². The number of nitrogens with two attached hydrogens (primary N) is 1. The van der Waals surface area contributed by atoms with Crippen molar-refractivity contribution < 1.29 is 15.0 Å². The molecule has 0 unspecified atom stereocenters. The number of carbonyl (C=O) groups is 1. The summed E-state index contributed by atoms with van der Waals surface area (Å²) in [6.07, 6.45) is 2.17. The van der Waals surface area contributed by atoms with E-state index in [4.69, 9.17) is 10.8 Å².